The predicted octanol–water partition coefficient (Wildman–Crippen LogP) is 0.227. The molecule has 2 aromatic heterocycles. The summed E-state index contributed by atoms with van der Waals surface area (Å²) in [7, 11) is 0. The summed E-state index contributed by atoms with van der Waals surface area (Å²) in [5.41, 5.74) is 1.21. The van der Waals surface area contributed by atoms with Gasteiger partial charge >= 0.3 is 0 Å². The lowest BCUT2D eigenvalue weighted by molar-refractivity contribution is 0.991. The van der Waals surface area contributed by atoms with Crippen LogP contribution in [0.1, 0.15) is 0 Å². The lowest BCUT2D eigenvalue weighted by Gasteiger charge is -1.95. The molecule has 0 saturated heterocycles. The summed E-state index contributed by atoms with van der Waals surface area (Å²) in [5.74, 6) is 0. The first kappa shape index (κ1) is 7.60. The van der Waals surface area contributed by atoms with Gasteiger partial charge in [0.2, 0.25) is 0 Å². The summed E-state index contributed by atoms with van der Waals surface area (Å²) >= 11 is 0. The second-order valence-electron chi connectivity index (χ2n) is 2.43. The standard InChI is InChI=1S/C8H6N4O/c13-8-2-1-7(11-12-8)6-3-9-5-10-4-6/h1-5H,(H,12,13). The zero-order chi connectivity index (χ0) is 9.10. The van der Waals surface area contributed by atoms with E-state index >= 15 is 0 Å². The molecule has 0 aliphatic carbocycles. The van der Waals surface area contributed by atoms with Gasteiger partial charge in [0, 0.05) is 24.0 Å². The summed E-state index contributed by atoms with van der Waals surface area (Å²) in [6.07, 6.45) is 4.70. The van der Waals surface area contributed by atoms with E-state index in [2.05, 4.69) is 20.2 Å². The van der Waals surface area contributed by atoms with Crippen LogP contribution in [0, 0.1) is 0 Å². The molecule has 0 unspecified atom stereocenters. The van der Waals surface area contributed by atoms with E-state index in [0.717, 1.165) is 5.56 Å². The topological polar surface area (TPSA) is 71.5 Å². The van der Waals surface area contributed by atoms with Gasteiger partial charge in [-0.2, -0.15) is 5.10 Å². The molecule has 0 aliphatic heterocycles. The Kier molecular flexibility index (Phi) is 1.84. The normalized spacial score (nSPS) is 9.85. The molecule has 2 heterocycles. The van der Waals surface area contributed by atoms with E-state index in [0.29, 0.717) is 5.69 Å². The number of rotatable bonds is 1. The minimum absolute atomic E-state index is 0.222. The fourth-order valence-electron chi connectivity index (χ4n) is 0.937. The number of hydrogen-bond donors (Lipinski definition) is 1. The molecule has 1 N–H and O–H groups in total. The first-order chi connectivity index (χ1) is 6.36. The van der Waals surface area contributed by atoms with Gasteiger partial charge in [-0.15, -0.1) is 0 Å². The Morgan fingerprint density at radius 2 is 1.92 bits per heavy atom. The van der Waals surface area contributed by atoms with Gasteiger partial charge in [0.25, 0.3) is 5.56 Å². The predicted molar refractivity (Wildman–Crippen MR) is 45.9 cm³/mol. The Labute approximate surface area is 73.5 Å². The van der Waals surface area contributed by atoms with E-state index in [-0.39, 0.29) is 5.56 Å². The van der Waals surface area contributed by atoms with E-state index in [1.54, 1.807) is 18.5 Å². The second kappa shape index (κ2) is 3.14. The molecule has 5 heteroatoms. The third kappa shape index (κ3) is 1.58. The quantitative estimate of drug-likeness (QED) is 0.671. The minimum Gasteiger partial charge on any atom is -0.268 e. The molecule has 0 aliphatic rings. The molecule has 2 rings (SSSR count). The lowest BCUT2D eigenvalue weighted by atomic mass is 10.2. The van der Waals surface area contributed by atoms with Crippen molar-refractivity contribution in [3.8, 4) is 11.3 Å². The molecule has 0 spiro atoms. The van der Waals surface area contributed by atoms with Crippen LogP contribution in [0.4, 0.5) is 0 Å². The van der Waals surface area contributed by atoms with Gasteiger partial charge in [-0.25, -0.2) is 15.1 Å². The number of aromatic amines is 1. The monoisotopic (exact) mass is 174 g/mol. The minimum atomic E-state index is -0.222. The number of nitrogens with one attached hydrogen (secondary N) is 1. The molecule has 13 heavy (non-hydrogen) atoms. The van der Waals surface area contributed by atoms with Crippen molar-refractivity contribution in [3.05, 3.63) is 41.2 Å². The average molecular weight is 174 g/mol. The molecular weight excluding hydrogens is 168 g/mol. The Balaban J connectivity index is 2.48. The van der Waals surface area contributed by atoms with Gasteiger partial charge in [0.05, 0.1) is 5.69 Å². The highest BCUT2D eigenvalue weighted by molar-refractivity contribution is 5.54. The summed E-state index contributed by atoms with van der Waals surface area (Å²) in [6, 6.07) is 3.03. The van der Waals surface area contributed by atoms with Crippen LogP contribution in [0.15, 0.2) is 35.6 Å². The highest BCUT2D eigenvalue weighted by atomic mass is 16.1. The van der Waals surface area contributed by atoms with Crippen molar-refractivity contribution >= 4 is 0 Å². The van der Waals surface area contributed by atoms with Crippen LogP contribution in [0.2, 0.25) is 0 Å². The van der Waals surface area contributed by atoms with Crippen LogP contribution < -0.4 is 5.56 Å². The second-order valence-corrected chi connectivity index (χ2v) is 2.43. The number of nitrogens with zero attached hydrogens (tertiary/aromatic N) is 3. The maximum atomic E-state index is 10.7. The molecule has 0 radical (unpaired) electrons. The molecule has 0 fully saturated rings. The maximum Gasteiger partial charge on any atom is 0.264 e. The van der Waals surface area contributed by atoms with Crippen molar-refractivity contribution < 1.29 is 0 Å². The maximum absolute atomic E-state index is 10.7. The SMILES string of the molecule is O=c1ccc(-c2cncnc2)n[nH]1. The van der Waals surface area contributed by atoms with Gasteiger partial charge in [-0.1, -0.05) is 0 Å². The average Bonchev–Trinajstić information content (AvgIpc) is 2.20. The van der Waals surface area contributed by atoms with E-state index in [1.807, 2.05) is 0 Å². The molecule has 0 saturated carbocycles. The Morgan fingerprint density at radius 1 is 1.15 bits per heavy atom. The summed E-state index contributed by atoms with van der Waals surface area (Å²) < 4.78 is 0. The Morgan fingerprint density at radius 3 is 2.54 bits per heavy atom. The lowest BCUT2D eigenvalue weighted by Crippen LogP contribution is -2.05. The molecule has 0 amide bonds. The molecule has 2 aromatic rings. The smallest absolute Gasteiger partial charge is 0.264 e. The van der Waals surface area contributed by atoms with Crippen LogP contribution in [-0.2, 0) is 0 Å². The van der Waals surface area contributed by atoms with Crippen molar-refractivity contribution in [2.45, 2.75) is 0 Å². The third-order valence-electron chi connectivity index (χ3n) is 1.54. The van der Waals surface area contributed by atoms with Crippen LogP contribution in [-0.4, -0.2) is 20.2 Å². The van der Waals surface area contributed by atoms with Crippen molar-refractivity contribution in [2.75, 3.05) is 0 Å². The van der Waals surface area contributed by atoms with Gasteiger partial charge in [-0.3, -0.25) is 4.79 Å². The Bertz CT molecular complexity index is 431. The fourth-order valence-corrected chi connectivity index (χ4v) is 0.937. The summed E-state index contributed by atoms with van der Waals surface area (Å²) in [4.78, 5) is 18.4. The van der Waals surface area contributed by atoms with Crippen LogP contribution in [0.25, 0.3) is 11.3 Å². The number of aromatic nitrogens is 4. The van der Waals surface area contributed by atoms with Crippen LogP contribution in [0.3, 0.4) is 0 Å². The fraction of sp³-hybridized carbons (Fsp3) is 0. The largest absolute Gasteiger partial charge is 0.268 e. The van der Waals surface area contributed by atoms with Gasteiger partial charge in [0.15, 0.2) is 0 Å². The molecule has 0 aromatic carbocycles. The first-order valence-corrected chi connectivity index (χ1v) is 3.67. The third-order valence-corrected chi connectivity index (χ3v) is 1.54. The van der Waals surface area contributed by atoms with Crippen molar-refractivity contribution in [1.82, 2.24) is 20.2 Å². The summed E-state index contributed by atoms with van der Waals surface area (Å²) in [6.45, 7) is 0. The highest BCUT2D eigenvalue weighted by Crippen LogP contribution is 2.10. The van der Waals surface area contributed by atoms with Crippen LogP contribution >= 0.6 is 0 Å². The summed E-state index contributed by atoms with van der Waals surface area (Å²) in [5, 5.41) is 6.17. The van der Waals surface area contributed by atoms with Gasteiger partial charge in [-0.05, 0) is 6.07 Å². The van der Waals surface area contributed by atoms with Gasteiger partial charge < -0.3 is 0 Å². The van der Waals surface area contributed by atoms with Crippen molar-refractivity contribution in [2.24, 2.45) is 0 Å². The van der Waals surface area contributed by atoms with E-state index in [9.17, 15) is 4.79 Å². The van der Waals surface area contributed by atoms with Crippen molar-refractivity contribution in [1.29, 1.82) is 0 Å². The highest BCUT2D eigenvalue weighted by Gasteiger charge is 1.97. The number of H-pyrrole nitrogens is 1. The van der Waals surface area contributed by atoms with Crippen molar-refractivity contribution in [3.63, 3.8) is 0 Å². The van der Waals surface area contributed by atoms with E-state index in [1.165, 1.54) is 12.4 Å². The molecular formula is C8H6N4O. The molecule has 5 nitrogen and oxygen atoms in total. The molecule has 0 bridgehead atoms. The van der Waals surface area contributed by atoms with Gasteiger partial charge in [0.1, 0.15) is 6.33 Å². The first-order valence-electron chi connectivity index (χ1n) is 3.67. The Hall–Kier alpha value is -2.04. The zero-order valence-electron chi connectivity index (χ0n) is 6.64. The number of hydrogen-bond acceptors (Lipinski definition) is 4. The molecule has 64 valence electrons. The van der Waals surface area contributed by atoms with E-state index < -0.39 is 0 Å². The molecule has 0 atom stereocenters. The zero-order valence-corrected chi connectivity index (χ0v) is 6.64. The van der Waals surface area contributed by atoms with E-state index in [4.69, 9.17) is 0 Å². The van der Waals surface area contributed by atoms with Crippen LogP contribution in [0.5, 0.6) is 0 Å².